The quantitative estimate of drug-likeness (QED) is 0.576. The van der Waals surface area contributed by atoms with E-state index in [0.29, 0.717) is 5.54 Å². The zero-order chi connectivity index (χ0) is 8.40. The number of hydrogen-bond donors (Lipinski definition) is 0. The molecule has 1 nitrogen and oxygen atoms in total. The smallest absolute Gasteiger partial charge is 0.0250 e. The first kappa shape index (κ1) is 7.37. The fraction of sp³-hybridized carbons (Fsp3) is 1.00. The molecule has 0 aromatic heterocycles. The molecule has 1 aliphatic carbocycles. The Hall–Kier alpha value is -0.0400. The van der Waals surface area contributed by atoms with Gasteiger partial charge < -0.3 is 0 Å². The maximum absolute atomic E-state index is 2.77. The van der Waals surface area contributed by atoms with Gasteiger partial charge in [0, 0.05) is 18.6 Å². The van der Waals surface area contributed by atoms with Gasteiger partial charge in [-0.25, -0.2) is 0 Å². The third-order valence-electron chi connectivity index (χ3n) is 4.68. The van der Waals surface area contributed by atoms with Crippen molar-refractivity contribution in [1.29, 1.82) is 0 Å². The summed E-state index contributed by atoms with van der Waals surface area (Å²) in [7, 11) is 0. The van der Waals surface area contributed by atoms with Crippen LogP contribution in [0.2, 0.25) is 0 Å². The van der Waals surface area contributed by atoms with Gasteiger partial charge in [0.1, 0.15) is 0 Å². The standard InChI is InChI=1S/C11H19N/c1-9(2)11-5-6-12(11)8-10(7-11)3-4-10/h9H,3-8H2,1-2H3. The molecule has 1 heteroatoms. The Morgan fingerprint density at radius 3 is 2.25 bits per heavy atom. The van der Waals surface area contributed by atoms with Gasteiger partial charge in [0.25, 0.3) is 0 Å². The highest BCUT2D eigenvalue weighted by Crippen LogP contribution is 2.63. The van der Waals surface area contributed by atoms with E-state index >= 15 is 0 Å². The first-order valence-corrected chi connectivity index (χ1v) is 5.42. The van der Waals surface area contributed by atoms with Crippen LogP contribution in [-0.4, -0.2) is 23.5 Å². The predicted molar refractivity (Wildman–Crippen MR) is 50.0 cm³/mol. The average Bonchev–Trinajstić information content (AvgIpc) is 2.70. The minimum Gasteiger partial charge on any atom is -0.297 e. The maximum Gasteiger partial charge on any atom is 0.0250 e. The van der Waals surface area contributed by atoms with Crippen molar-refractivity contribution in [3.05, 3.63) is 0 Å². The third kappa shape index (κ3) is 0.693. The van der Waals surface area contributed by atoms with Crippen molar-refractivity contribution in [2.24, 2.45) is 11.3 Å². The Morgan fingerprint density at radius 2 is 1.92 bits per heavy atom. The van der Waals surface area contributed by atoms with Crippen LogP contribution >= 0.6 is 0 Å². The van der Waals surface area contributed by atoms with Crippen molar-refractivity contribution in [2.45, 2.75) is 45.1 Å². The van der Waals surface area contributed by atoms with Crippen molar-refractivity contribution in [3.8, 4) is 0 Å². The molecule has 0 N–H and O–H groups in total. The molecule has 3 fully saturated rings. The molecule has 0 aromatic rings. The molecule has 0 aromatic carbocycles. The minimum absolute atomic E-state index is 0.663. The zero-order valence-electron chi connectivity index (χ0n) is 8.27. The van der Waals surface area contributed by atoms with Gasteiger partial charge in [0.2, 0.25) is 0 Å². The van der Waals surface area contributed by atoms with Crippen molar-refractivity contribution < 1.29 is 0 Å². The Morgan fingerprint density at radius 1 is 1.17 bits per heavy atom. The molecule has 1 spiro atoms. The summed E-state index contributed by atoms with van der Waals surface area (Å²) < 4.78 is 0. The van der Waals surface area contributed by atoms with E-state index in [-0.39, 0.29) is 0 Å². The van der Waals surface area contributed by atoms with Gasteiger partial charge in [-0.3, -0.25) is 4.90 Å². The summed E-state index contributed by atoms with van der Waals surface area (Å²) in [4.78, 5) is 2.77. The van der Waals surface area contributed by atoms with Gasteiger partial charge in [-0.05, 0) is 37.0 Å². The van der Waals surface area contributed by atoms with Crippen LogP contribution in [0.3, 0.4) is 0 Å². The number of rotatable bonds is 1. The lowest BCUT2D eigenvalue weighted by molar-refractivity contribution is -0.0116. The molecular weight excluding hydrogens is 146 g/mol. The van der Waals surface area contributed by atoms with Crippen LogP contribution in [0.4, 0.5) is 0 Å². The molecule has 12 heavy (non-hydrogen) atoms. The van der Waals surface area contributed by atoms with Crippen LogP contribution in [0.5, 0.6) is 0 Å². The van der Waals surface area contributed by atoms with Crippen LogP contribution in [0.15, 0.2) is 0 Å². The summed E-state index contributed by atoms with van der Waals surface area (Å²) in [5.74, 6) is 0.881. The molecule has 2 heterocycles. The Labute approximate surface area is 75.1 Å². The van der Waals surface area contributed by atoms with Gasteiger partial charge in [-0.15, -0.1) is 0 Å². The molecule has 0 radical (unpaired) electrons. The fourth-order valence-electron chi connectivity index (χ4n) is 3.47. The third-order valence-corrected chi connectivity index (χ3v) is 4.68. The van der Waals surface area contributed by atoms with Crippen molar-refractivity contribution in [1.82, 2.24) is 4.90 Å². The molecule has 2 saturated heterocycles. The Kier molecular flexibility index (Phi) is 1.16. The second-order valence-corrected chi connectivity index (χ2v) is 5.61. The van der Waals surface area contributed by atoms with Gasteiger partial charge in [0.05, 0.1) is 0 Å². The Bertz CT molecular complexity index is 217. The van der Waals surface area contributed by atoms with Gasteiger partial charge >= 0.3 is 0 Å². The molecule has 2 aliphatic heterocycles. The zero-order valence-corrected chi connectivity index (χ0v) is 8.27. The summed E-state index contributed by atoms with van der Waals surface area (Å²) in [5, 5.41) is 0. The normalized spacial score (nSPS) is 43.2. The van der Waals surface area contributed by atoms with E-state index in [1.807, 2.05) is 0 Å². The maximum atomic E-state index is 2.77. The Balaban J connectivity index is 1.88. The second-order valence-electron chi connectivity index (χ2n) is 5.61. The minimum atomic E-state index is 0.663. The SMILES string of the molecule is CC(C)C12CCN1CC1(CC1)C2. The van der Waals surface area contributed by atoms with Gasteiger partial charge in [-0.1, -0.05) is 13.8 Å². The topological polar surface area (TPSA) is 3.24 Å². The molecule has 0 amide bonds. The lowest BCUT2D eigenvalue weighted by atomic mass is 9.74. The van der Waals surface area contributed by atoms with Crippen LogP contribution in [0, 0.1) is 11.3 Å². The van der Waals surface area contributed by atoms with Gasteiger partial charge in [-0.2, -0.15) is 0 Å². The molecule has 1 saturated carbocycles. The summed E-state index contributed by atoms with van der Waals surface area (Å²) in [6.45, 7) is 7.65. The summed E-state index contributed by atoms with van der Waals surface area (Å²) in [6, 6.07) is 0. The second kappa shape index (κ2) is 1.89. The fourth-order valence-corrected chi connectivity index (χ4v) is 3.47. The molecule has 3 aliphatic rings. The molecular formula is C11H19N. The van der Waals surface area contributed by atoms with E-state index in [0.717, 1.165) is 11.3 Å². The van der Waals surface area contributed by atoms with Crippen molar-refractivity contribution in [3.63, 3.8) is 0 Å². The number of fused-ring (bicyclic) bond motifs is 1. The highest BCUT2D eigenvalue weighted by Gasteiger charge is 2.62. The van der Waals surface area contributed by atoms with Crippen molar-refractivity contribution >= 4 is 0 Å². The molecule has 1 atom stereocenters. The molecule has 3 rings (SSSR count). The highest BCUT2D eigenvalue weighted by molar-refractivity contribution is 5.17. The summed E-state index contributed by atoms with van der Waals surface area (Å²) in [6.07, 6.45) is 6.06. The van der Waals surface area contributed by atoms with E-state index in [1.165, 1.54) is 38.8 Å². The van der Waals surface area contributed by atoms with E-state index < -0.39 is 0 Å². The first-order chi connectivity index (χ1) is 5.67. The largest absolute Gasteiger partial charge is 0.297 e. The van der Waals surface area contributed by atoms with Gasteiger partial charge in [0.15, 0.2) is 0 Å². The van der Waals surface area contributed by atoms with E-state index in [4.69, 9.17) is 0 Å². The predicted octanol–water partition coefficient (Wildman–Crippen LogP) is 2.27. The van der Waals surface area contributed by atoms with Crippen LogP contribution in [0.25, 0.3) is 0 Å². The lowest BCUT2D eigenvalue weighted by Gasteiger charge is -2.51. The summed E-state index contributed by atoms with van der Waals surface area (Å²) in [5.41, 5.74) is 1.48. The van der Waals surface area contributed by atoms with Crippen LogP contribution < -0.4 is 0 Å². The highest BCUT2D eigenvalue weighted by atomic mass is 15.3. The van der Waals surface area contributed by atoms with Crippen LogP contribution in [-0.2, 0) is 0 Å². The van der Waals surface area contributed by atoms with E-state index in [1.54, 1.807) is 0 Å². The molecule has 0 bridgehead atoms. The number of hydrogen-bond acceptors (Lipinski definition) is 1. The first-order valence-electron chi connectivity index (χ1n) is 5.42. The summed E-state index contributed by atoms with van der Waals surface area (Å²) >= 11 is 0. The lowest BCUT2D eigenvalue weighted by Crippen LogP contribution is -2.58. The number of nitrogens with zero attached hydrogens (tertiary/aromatic N) is 1. The monoisotopic (exact) mass is 165 g/mol. The van der Waals surface area contributed by atoms with E-state index in [2.05, 4.69) is 18.7 Å². The molecule has 68 valence electrons. The van der Waals surface area contributed by atoms with E-state index in [9.17, 15) is 0 Å². The van der Waals surface area contributed by atoms with Crippen molar-refractivity contribution in [2.75, 3.05) is 13.1 Å². The molecule has 1 unspecified atom stereocenters. The van der Waals surface area contributed by atoms with Crippen LogP contribution in [0.1, 0.15) is 39.5 Å². The average molecular weight is 165 g/mol.